The number of nitrogens with zero attached hydrogens (tertiary/aromatic N) is 1. The van der Waals surface area contributed by atoms with Crippen LogP contribution in [0.1, 0.15) is 18.4 Å². The van der Waals surface area contributed by atoms with Crippen LogP contribution < -0.4 is 5.14 Å². The highest BCUT2D eigenvalue weighted by atomic mass is 32.2. The highest BCUT2D eigenvalue weighted by Crippen LogP contribution is 2.38. The first-order valence-corrected chi connectivity index (χ1v) is 7.16. The zero-order chi connectivity index (χ0) is 14.3. The average Bonchev–Trinajstić information content (AvgIpc) is 2.27. The molecule has 1 atom stereocenters. The van der Waals surface area contributed by atoms with Gasteiger partial charge in [-0.1, -0.05) is 6.07 Å². The molecule has 1 unspecified atom stereocenters. The van der Waals surface area contributed by atoms with E-state index in [2.05, 4.69) is 0 Å². The monoisotopic (exact) mass is 294 g/mol. The number of benzene rings is 1. The number of rotatable bonds is 2. The molecule has 19 heavy (non-hydrogen) atoms. The Hall–Kier alpha value is -1.12. The molecule has 0 amide bonds. The van der Waals surface area contributed by atoms with Crippen molar-refractivity contribution in [1.82, 2.24) is 4.31 Å². The predicted octanol–water partition coefficient (Wildman–Crippen LogP) is 1.43. The largest absolute Gasteiger partial charge is 0.277 e. The molecule has 1 saturated heterocycles. The van der Waals surface area contributed by atoms with Gasteiger partial charge in [0.2, 0.25) is 0 Å². The summed E-state index contributed by atoms with van der Waals surface area (Å²) in [4.78, 5) is 0. The molecule has 1 aromatic rings. The maximum atomic E-state index is 14.8. The highest BCUT2D eigenvalue weighted by molar-refractivity contribution is 7.86. The molecule has 1 aromatic carbocycles. The Morgan fingerprint density at radius 1 is 1.26 bits per heavy atom. The minimum atomic E-state index is -4.08. The third-order valence-corrected chi connectivity index (χ3v) is 4.21. The van der Waals surface area contributed by atoms with E-state index in [1.165, 1.54) is 0 Å². The zero-order valence-corrected chi connectivity index (χ0v) is 10.8. The van der Waals surface area contributed by atoms with Gasteiger partial charge in [0, 0.05) is 6.54 Å². The molecule has 1 heterocycles. The Balaban J connectivity index is 2.43. The van der Waals surface area contributed by atoms with Crippen LogP contribution in [0.15, 0.2) is 18.2 Å². The molecule has 0 aromatic heterocycles. The number of alkyl halides is 1. The fourth-order valence-electron chi connectivity index (χ4n) is 2.32. The van der Waals surface area contributed by atoms with Gasteiger partial charge in [-0.15, -0.1) is 0 Å². The quantitative estimate of drug-likeness (QED) is 0.897. The molecular weight excluding hydrogens is 281 g/mol. The fourth-order valence-corrected chi connectivity index (χ4v) is 3.09. The van der Waals surface area contributed by atoms with Crippen LogP contribution in [0.25, 0.3) is 0 Å². The van der Waals surface area contributed by atoms with E-state index in [9.17, 15) is 21.6 Å². The van der Waals surface area contributed by atoms with Crippen molar-refractivity contribution in [3.8, 4) is 0 Å². The summed E-state index contributed by atoms with van der Waals surface area (Å²) in [6.07, 6.45) is -0.0163. The summed E-state index contributed by atoms with van der Waals surface area (Å²) >= 11 is 0. The lowest BCUT2D eigenvalue weighted by atomic mass is 9.87. The van der Waals surface area contributed by atoms with Gasteiger partial charge >= 0.3 is 0 Å². The van der Waals surface area contributed by atoms with Crippen LogP contribution >= 0.6 is 0 Å². The van der Waals surface area contributed by atoms with Crippen LogP contribution in [-0.2, 0) is 15.9 Å². The van der Waals surface area contributed by atoms with Crippen molar-refractivity contribution >= 4 is 10.2 Å². The van der Waals surface area contributed by atoms with Gasteiger partial charge < -0.3 is 0 Å². The second-order valence-corrected chi connectivity index (χ2v) is 6.09. The molecule has 0 aliphatic carbocycles. The normalized spacial score (nSPS) is 25.5. The molecule has 2 rings (SSSR count). The molecule has 106 valence electrons. The first-order valence-electron chi connectivity index (χ1n) is 5.65. The van der Waals surface area contributed by atoms with Gasteiger partial charge in [-0.25, -0.2) is 18.3 Å². The molecule has 0 spiro atoms. The zero-order valence-electron chi connectivity index (χ0n) is 9.94. The third kappa shape index (κ3) is 2.75. The van der Waals surface area contributed by atoms with E-state index in [4.69, 9.17) is 5.14 Å². The van der Waals surface area contributed by atoms with Crippen LogP contribution in [0, 0.1) is 11.6 Å². The van der Waals surface area contributed by atoms with E-state index in [0.717, 1.165) is 18.2 Å². The van der Waals surface area contributed by atoms with E-state index in [1.54, 1.807) is 0 Å². The summed E-state index contributed by atoms with van der Waals surface area (Å²) in [6, 6.07) is 3.00. The lowest BCUT2D eigenvalue weighted by Gasteiger charge is -2.36. The summed E-state index contributed by atoms with van der Waals surface area (Å²) in [5.41, 5.74) is -3.14. The Morgan fingerprint density at radius 2 is 1.84 bits per heavy atom. The maximum absolute atomic E-state index is 14.8. The number of halogens is 3. The molecule has 0 bridgehead atoms. The van der Waals surface area contributed by atoms with Crippen LogP contribution in [0.4, 0.5) is 13.2 Å². The highest BCUT2D eigenvalue weighted by Gasteiger charge is 2.43. The van der Waals surface area contributed by atoms with Crippen molar-refractivity contribution in [2.75, 3.05) is 13.1 Å². The summed E-state index contributed by atoms with van der Waals surface area (Å²) in [5.74, 6) is -2.06. The molecule has 8 heteroatoms. The molecular formula is C11H13F3N2O2S. The maximum Gasteiger partial charge on any atom is 0.277 e. The Morgan fingerprint density at radius 3 is 2.37 bits per heavy atom. The van der Waals surface area contributed by atoms with Gasteiger partial charge in [0.05, 0.1) is 12.1 Å². The molecule has 2 N–H and O–H groups in total. The van der Waals surface area contributed by atoms with Gasteiger partial charge in [-0.2, -0.15) is 12.7 Å². The van der Waals surface area contributed by atoms with E-state index in [-0.39, 0.29) is 19.4 Å². The number of hydrogen-bond donors (Lipinski definition) is 1. The van der Waals surface area contributed by atoms with Gasteiger partial charge in [0.1, 0.15) is 11.6 Å². The van der Waals surface area contributed by atoms with Gasteiger partial charge in [-0.3, -0.25) is 0 Å². The number of piperidine rings is 1. The lowest BCUT2D eigenvalue weighted by molar-refractivity contribution is 0.0736. The van der Waals surface area contributed by atoms with Crippen molar-refractivity contribution < 1.29 is 21.6 Å². The second kappa shape index (κ2) is 4.77. The Labute approximate surface area is 109 Å². The van der Waals surface area contributed by atoms with Gasteiger partial charge in [0.15, 0.2) is 5.67 Å². The van der Waals surface area contributed by atoms with Crippen molar-refractivity contribution in [2.45, 2.75) is 18.5 Å². The van der Waals surface area contributed by atoms with Crippen LogP contribution in [-0.4, -0.2) is 25.8 Å². The van der Waals surface area contributed by atoms with Crippen LogP contribution in [0.3, 0.4) is 0 Å². The molecule has 1 fully saturated rings. The summed E-state index contributed by atoms with van der Waals surface area (Å²) in [7, 11) is -4.08. The fraction of sp³-hybridized carbons (Fsp3) is 0.455. The van der Waals surface area contributed by atoms with E-state index in [1.807, 2.05) is 0 Å². The molecule has 1 aliphatic heterocycles. The Kier molecular flexibility index (Phi) is 3.59. The van der Waals surface area contributed by atoms with Crippen molar-refractivity contribution in [3.05, 3.63) is 35.4 Å². The lowest BCUT2D eigenvalue weighted by Crippen LogP contribution is -2.49. The minimum Gasteiger partial charge on any atom is -0.237 e. The van der Waals surface area contributed by atoms with Crippen LogP contribution in [0.2, 0.25) is 0 Å². The Bertz CT molecular complexity index is 573. The number of nitrogens with two attached hydrogens (primary N) is 1. The molecule has 0 saturated carbocycles. The first-order chi connectivity index (χ1) is 8.74. The first kappa shape index (κ1) is 14.3. The second-order valence-electron chi connectivity index (χ2n) is 4.54. The number of hydrogen-bond acceptors (Lipinski definition) is 2. The third-order valence-electron chi connectivity index (χ3n) is 3.18. The predicted molar refractivity (Wildman–Crippen MR) is 63.1 cm³/mol. The molecule has 4 nitrogen and oxygen atoms in total. The summed E-state index contributed by atoms with van der Waals surface area (Å²) in [6.45, 7) is -0.635. The van der Waals surface area contributed by atoms with Crippen molar-refractivity contribution in [2.24, 2.45) is 5.14 Å². The SMILES string of the molecule is NS(=O)(=O)N1CCCC(F)(c2c(F)cccc2F)C1. The molecule has 0 radical (unpaired) electrons. The minimum absolute atomic E-state index is 0.0422. The standard InChI is InChI=1S/C11H13F3N2O2S/c12-8-3-1-4-9(13)10(8)11(14)5-2-6-16(7-11)19(15,17)18/h1,3-4H,2,5-7H2,(H2,15,17,18). The summed E-state index contributed by atoms with van der Waals surface area (Å²) in [5, 5.41) is 4.93. The smallest absolute Gasteiger partial charge is 0.237 e. The summed E-state index contributed by atoms with van der Waals surface area (Å²) < 4.78 is 65.2. The average molecular weight is 294 g/mol. The van der Waals surface area contributed by atoms with Crippen molar-refractivity contribution in [3.63, 3.8) is 0 Å². The van der Waals surface area contributed by atoms with Gasteiger partial charge in [0.25, 0.3) is 10.2 Å². The van der Waals surface area contributed by atoms with Crippen molar-refractivity contribution in [1.29, 1.82) is 0 Å². The van der Waals surface area contributed by atoms with E-state index < -0.39 is 39.6 Å². The van der Waals surface area contributed by atoms with E-state index in [0.29, 0.717) is 4.31 Å². The van der Waals surface area contributed by atoms with Crippen LogP contribution in [0.5, 0.6) is 0 Å². The molecule has 1 aliphatic rings. The topological polar surface area (TPSA) is 63.4 Å². The van der Waals surface area contributed by atoms with E-state index >= 15 is 0 Å². The van der Waals surface area contributed by atoms with Gasteiger partial charge in [-0.05, 0) is 25.0 Å².